The van der Waals surface area contributed by atoms with Crippen molar-refractivity contribution >= 4 is 5.91 Å². The first-order chi connectivity index (χ1) is 9.20. The molecule has 1 unspecified atom stereocenters. The molecule has 1 amide bonds. The highest BCUT2D eigenvalue weighted by atomic mass is 16.5. The van der Waals surface area contributed by atoms with E-state index in [0.717, 1.165) is 11.3 Å². The van der Waals surface area contributed by atoms with Crippen molar-refractivity contribution in [1.29, 1.82) is 0 Å². The predicted molar refractivity (Wildman–Crippen MR) is 73.3 cm³/mol. The number of hydrogen-bond acceptors (Lipinski definition) is 3. The molecule has 1 fully saturated rings. The average molecular weight is 263 g/mol. The van der Waals surface area contributed by atoms with Crippen LogP contribution in [-0.2, 0) is 9.53 Å². The molecule has 0 bridgehead atoms. The molecule has 1 aliphatic heterocycles. The smallest absolute Gasteiger partial charge is 0.263 e. The van der Waals surface area contributed by atoms with Gasteiger partial charge < -0.3 is 14.4 Å². The Bertz CT molecular complexity index is 427. The molecule has 4 nitrogen and oxygen atoms in total. The third-order valence-electron chi connectivity index (χ3n) is 3.24. The number of nitrogens with zero attached hydrogens (tertiary/aromatic N) is 1. The second-order valence-electron chi connectivity index (χ2n) is 4.77. The SMILES string of the molecule is CCC(Oc1cccc(C)c1)C(=O)N1CCOCC1. The fourth-order valence-corrected chi connectivity index (χ4v) is 2.15. The summed E-state index contributed by atoms with van der Waals surface area (Å²) in [7, 11) is 0. The van der Waals surface area contributed by atoms with Crippen molar-refractivity contribution in [2.45, 2.75) is 26.4 Å². The number of hydrogen-bond donors (Lipinski definition) is 0. The Labute approximate surface area is 114 Å². The molecule has 1 heterocycles. The van der Waals surface area contributed by atoms with Crippen LogP contribution in [0.25, 0.3) is 0 Å². The third-order valence-corrected chi connectivity index (χ3v) is 3.24. The molecule has 4 heteroatoms. The number of rotatable bonds is 4. The Morgan fingerprint density at radius 2 is 2.16 bits per heavy atom. The van der Waals surface area contributed by atoms with Crippen molar-refractivity contribution in [2.75, 3.05) is 26.3 Å². The van der Waals surface area contributed by atoms with E-state index in [4.69, 9.17) is 9.47 Å². The summed E-state index contributed by atoms with van der Waals surface area (Å²) in [6, 6.07) is 7.80. The van der Waals surface area contributed by atoms with Crippen molar-refractivity contribution in [1.82, 2.24) is 4.90 Å². The zero-order valence-corrected chi connectivity index (χ0v) is 11.6. The lowest BCUT2D eigenvalue weighted by atomic mass is 10.2. The normalized spacial score (nSPS) is 17.1. The van der Waals surface area contributed by atoms with Crippen LogP contribution in [0.1, 0.15) is 18.9 Å². The van der Waals surface area contributed by atoms with Crippen LogP contribution in [0.3, 0.4) is 0 Å². The first-order valence-electron chi connectivity index (χ1n) is 6.80. The fourth-order valence-electron chi connectivity index (χ4n) is 2.15. The number of benzene rings is 1. The quantitative estimate of drug-likeness (QED) is 0.834. The van der Waals surface area contributed by atoms with Crippen LogP contribution < -0.4 is 4.74 Å². The number of amides is 1. The van der Waals surface area contributed by atoms with Gasteiger partial charge in [0.15, 0.2) is 6.10 Å². The molecule has 1 aliphatic rings. The van der Waals surface area contributed by atoms with Gasteiger partial charge in [-0.15, -0.1) is 0 Å². The third kappa shape index (κ3) is 3.70. The second kappa shape index (κ2) is 6.57. The number of morpholine rings is 1. The molecule has 0 aromatic heterocycles. The minimum Gasteiger partial charge on any atom is -0.481 e. The van der Waals surface area contributed by atoms with Gasteiger partial charge in [0.2, 0.25) is 0 Å². The van der Waals surface area contributed by atoms with E-state index in [0.29, 0.717) is 32.7 Å². The molecule has 1 aromatic carbocycles. The number of aryl methyl sites for hydroxylation is 1. The maximum absolute atomic E-state index is 12.4. The zero-order valence-electron chi connectivity index (χ0n) is 11.6. The Morgan fingerprint density at radius 3 is 2.79 bits per heavy atom. The van der Waals surface area contributed by atoms with Gasteiger partial charge in [-0.3, -0.25) is 4.79 Å². The van der Waals surface area contributed by atoms with E-state index >= 15 is 0 Å². The van der Waals surface area contributed by atoms with Crippen LogP contribution in [0.4, 0.5) is 0 Å². The largest absolute Gasteiger partial charge is 0.481 e. The van der Waals surface area contributed by atoms with Crippen molar-refractivity contribution in [3.05, 3.63) is 29.8 Å². The topological polar surface area (TPSA) is 38.8 Å². The van der Waals surface area contributed by atoms with Crippen molar-refractivity contribution in [3.63, 3.8) is 0 Å². The summed E-state index contributed by atoms with van der Waals surface area (Å²) in [5.74, 6) is 0.820. The summed E-state index contributed by atoms with van der Waals surface area (Å²) < 4.78 is 11.1. The van der Waals surface area contributed by atoms with Crippen molar-refractivity contribution < 1.29 is 14.3 Å². The van der Waals surface area contributed by atoms with E-state index in [-0.39, 0.29) is 5.91 Å². The maximum Gasteiger partial charge on any atom is 0.263 e. The van der Waals surface area contributed by atoms with E-state index in [2.05, 4.69) is 0 Å². The zero-order chi connectivity index (χ0) is 13.7. The first kappa shape index (κ1) is 13.9. The Kier molecular flexibility index (Phi) is 4.80. The summed E-state index contributed by atoms with van der Waals surface area (Å²) in [5, 5.41) is 0. The van der Waals surface area contributed by atoms with Crippen molar-refractivity contribution in [3.8, 4) is 5.75 Å². The van der Waals surface area contributed by atoms with Crippen LogP contribution in [0.15, 0.2) is 24.3 Å². The predicted octanol–water partition coefficient (Wildman–Crippen LogP) is 2.01. The second-order valence-corrected chi connectivity index (χ2v) is 4.77. The summed E-state index contributed by atoms with van der Waals surface area (Å²) in [5.41, 5.74) is 1.13. The van der Waals surface area contributed by atoms with E-state index < -0.39 is 6.10 Å². The van der Waals surface area contributed by atoms with Gasteiger partial charge in [-0.2, -0.15) is 0 Å². The highest BCUT2D eigenvalue weighted by molar-refractivity contribution is 5.81. The standard InChI is InChI=1S/C15H21NO3/c1-3-14(15(17)16-7-9-18-10-8-16)19-13-6-4-5-12(2)11-13/h4-6,11,14H,3,7-10H2,1-2H3. The first-order valence-corrected chi connectivity index (χ1v) is 6.80. The Hall–Kier alpha value is -1.55. The van der Waals surface area contributed by atoms with Crippen LogP contribution >= 0.6 is 0 Å². The lowest BCUT2D eigenvalue weighted by molar-refractivity contribution is -0.142. The number of carbonyl (C=O) groups excluding carboxylic acids is 1. The molecule has 1 saturated heterocycles. The molecular formula is C15H21NO3. The van der Waals surface area contributed by atoms with E-state index in [1.807, 2.05) is 43.0 Å². The Balaban J connectivity index is 2.00. The summed E-state index contributed by atoms with van der Waals surface area (Å²) in [6.07, 6.45) is 0.268. The minimum absolute atomic E-state index is 0.0623. The van der Waals surface area contributed by atoms with Crippen LogP contribution in [-0.4, -0.2) is 43.2 Å². The van der Waals surface area contributed by atoms with Crippen LogP contribution in [0.2, 0.25) is 0 Å². The molecule has 104 valence electrons. The number of carbonyl (C=O) groups is 1. The molecule has 0 N–H and O–H groups in total. The van der Waals surface area contributed by atoms with Gasteiger partial charge in [-0.1, -0.05) is 19.1 Å². The molecule has 1 aromatic rings. The fraction of sp³-hybridized carbons (Fsp3) is 0.533. The molecular weight excluding hydrogens is 242 g/mol. The van der Waals surface area contributed by atoms with E-state index in [1.165, 1.54) is 0 Å². The Morgan fingerprint density at radius 1 is 1.42 bits per heavy atom. The molecule has 0 saturated carbocycles. The maximum atomic E-state index is 12.4. The van der Waals surface area contributed by atoms with Crippen LogP contribution in [0.5, 0.6) is 5.75 Å². The van der Waals surface area contributed by atoms with Gasteiger partial charge in [0.25, 0.3) is 5.91 Å². The van der Waals surface area contributed by atoms with E-state index in [1.54, 1.807) is 0 Å². The molecule has 0 aliphatic carbocycles. The van der Waals surface area contributed by atoms with Gasteiger partial charge in [0.1, 0.15) is 5.75 Å². The molecule has 1 atom stereocenters. The monoisotopic (exact) mass is 263 g/mol. The van der Waals surface area contributed by atoms with Gasteiger partial charge in [-0.25, -0.2) is 0 Å². The molecule has 19 heavy (non-hydrogen) atoms. The lowest BCUT2D eigenvalue weighted by Gasteiger charge is -2.30. The molecule has 0 spiro atoms. The molecule has 2 rings (SSSR count). The van der Waals surface area contributed by atoms with Crippen LogP contribution in [0, 0.1) is 6.92 Å². The van der Waals surface area contributed by atoms with Gasteiger partial charge in [0, 0.05) is 13.1 Å². The average Bonchev–Trinajstić information content (AvgIpc) is 2.45. The highest BCUT2D eigenvalue weighted by Crippen LogP contribution is 2.17. The summed E-state index contributed by atoms with van der Waals surface area (Å²) in [4.78, 5) is 14.2. The minimum atomic E-state index is -0.403. The summed E-state index contributed by atoms with van der Waals surface area (Å²) in [6.45, 7) is 6.54. The van der Waals surface area contributed by atoms with Gasteiger partial charge in [-0.05, 0) is 31.0 Å². The van der Waals surface area contributed by atoms with Gasteiger partial charge >= 0.3 is 0 Å². The van der Waals surface area contributed by atoms with E-state index in [9.17, 15) is 4.79 Å². The molecule has 0 radical (unpaired) electrons. The summed E-state index contributed by atoms with van der Waals surface area (Å²) >= 11 is 0. The van der Waals surface area contributed by atoms with Gasteiger partial charge in [0.05, 0.1) is 13.2 Å². The number of ether oxygens (including phenoxy) is 2. The highest BCUT2D eigenvalue weighted by Gasteiger charge is 2.25. The van der Waals surface area contributed by atoms with Crippen molar-refractivity contribution in [2.24, 2.45) is 0 Å². The lowest BCUT2D eigenvalue weighted by Crippen LogP contribution is -2.47.